The highest BCUT2D eigenvalue weighted by Crippen LogP contribution is 2.30. The van der Waals surface area contributed by atoms with E-state index in [9.17, 15) is 4.79 Å². The van der Waals surface area contributed by atoms with Gasteiger partial charge in [-0.3, -0.25) is 0 Å². The van der Waals surface area contributed by atoms with Crippen molar-refractivity contribution in [1.82, 2.24) is 5.32 Å². The zero-order valence-electron chi connectivity index (χ0n) is 13.5. The molecular formula is C20H17Cl2NO2. The number of benzene rings is 2. The third kappa shape index (κ3) is 4.69. The second-order valence-electron chi connectivity index (χ2n) is 6.00. The van der Waals surface area contributed by atoms with Crippen LogP contribution in [0, 0.1) is 11.8 Å². The Kier molecular flexibility index (Phi) is 5.53. The molecule has 25 heavy (non-hydrogen) atoms. The molecule has 0 atom stereocenters. The molecule has 0 aromatic heterocycles. The van der Waals surface area contributed by atoms with Gasteiger partial charge in [-0.25, -0.2) is 4.79 Å². The van der Waals surface area contributed by atoms with Crippen LogP contribution in [0.15, 0.2) is 48.5 Å². The summed E-state index contributed by atoms with van der Waals surface area (Å²) in [7, 11) is 0. The maximum absolute atomic E-state index is 12.2. The van der Waals surface area contributed by atoms with Gasteiger partial charge in [0, 0.05) is 5.56 Å². The molecule has 0 heterocycles. The molecule has 0 aliphatic heterocycles. The highest BCUT2D eigenvalue weighted by atomic mass is 35.5. The average Bonchev–Trinajstić information content (AvgIpc) is 3.05. The first-order valence-electron chi connectivity index (χ1n) is 8.10. The first kappa shape index (κ1) is 17.7. The fourth-order valence-electron chi connectivity index (χ4n) is 2.84. The van der Waals surface area contributed by atoms with Crippen molar-refractivity contribution in [2.75, 3.05) is 0 Å². The Morgan fingerprint density at radius 2 is 1.76 bits per heavy atom. The summed E-state index contributed by atoms with van der Waals surface area (Å²) in [6.45, 7) is 0. The van der Waals surface area contributed by atoms with Gasteiger partial charge in [0.05, 0.1) is 10.0 Å². The van der Waals surface area contributed by atoms with Crippen LogP contribution >= 0.6 is 23.2 Å². The molecule has 2 aromatic rings. The zero-order chi connectivity index (χ0) is 17.7. The number of ether oxygens (including phenoxy) is 1. The lowest BCUT2D eigenvalue weighted by Crippen LogP contribution is -2.46. The maximum Gasteiger partial charge on any atom is 0.413 e. The number of amides is 1. The second kappa shape index (κ2) is 7.82. The highest BCUT2D eigenvalue weighted by molar-refractivity contribution is 6.42. The smallest absolute Gasteiger partial charge is 0.410 e. The van der Waals surface area contributed by atoms with Crippen LogP contribution in [-0.2, 0) is 0 Å². The van der Waals surface area contributed by atoms with Gasteiger partial charge >= 0.3 is 6.09 Å². The second-order valence-corrected chi connectivity index (χ2v) is 6.81. The Morgan fingerprint density at radius 3 is 2.44 bits per heavy atom. The van der Waals surface area contributed by atoms with E-state index in [0.717, 1.165) is 31.2 Å². The molecule has 0 unspecified atom stereocenters. The normalized spacial score (nSPS) is 15.1. The molecule has 0 spiro atoms. The van der Waals surface area contributed by atoms with Crippen LogP contribution in [0.25, 0.3) is 0 Å². The fraction of sp³-hybridized carbons (Fsp3) is 0.250. The highest BCUT2D eigenvalue weighted by Gasteiger charge is 2.34. The molecule has 1 saturated carbocycles. The van der Waals surface area contributed by atoms with Gasteiger partial charge in [0.2, 0.25) is 0 Å². The predicted octanol–water partition coefficient (Wildman–Crippen LogP) is 5.45. The van der Waals surface area contributed by atoms with Crippen LogP contribution in [0.3, 0.4) is 0 Å². The third-order valence-corrected chi connectivity index (χ3v) is 4.86. The maximum atomic E-state index is 12.2. The number of rotatable bonds is 2. The van der Waals surface area contributed by atoms with Crippen LogP contribution in [0.4, 0.5) is 4.79 Å². The van der Waals surface area contributed by atoms with Crippen LogP contribution in [-0.4, -0.2) is 11.6 Å². The van der Waals surface area contributed by atoms with E-state index < -0.39 is 11.6 Å². The molecule has 0 saturated heterocycles. The van der Waals surface area contributed by atoms with Crippen LogP contribution in [0.1, 0.15) is 31.2 Å². The summed E-state index contributed by atoms with van der Waals surface area (Å²) >= 11 is 12.0. The number of hydrogen-bond donors (Lipinski definition) is 1. The standard InChI is InChI=1S/C20H17Cl2NO2/c21-17-9-8-15(14-18(17)22)10-13-20(11-4-5-12-20)23-19(24)25-16-6-2-1-3-7-16/h1-3,6-9,14H,4-5,11-12H2,(H,23,24). The lowest BCUT2D eigenvalue weighted by atomic mass is 9.98. The van der Waals surface area contributed by atoms with Crippen LogP contribution < -0.4 is 10.1 Å². The molecule has 1 N–H and O–H groups in total. The summed E-state index contributed by atoms with van der Waals surface area (Å²) in [5.41, 5.74) is 0.191. The SMILES string of the molecule is O=C(NC1(C#Cc2ccc(Cl)c(Cl)c2)CCCC1)Oc1ccccc1. The monoisotopic (exact) mass is 373 g/mol. The molecule has 3 rings (SSSR count). The van der Waals surface area contributed by atoms with E-state index in [0.29, 0.717) is 15.8 Å². The van der Waals surface area contributed by atoms with Gasteiger partial charge in [-0.05, 0) is 56.0 Å². The topological polar surface area (TPSA) is 38.3 Å². The lowest BCUT2D eigenvalue weighted by Gasteiger charge is -2.23. The first-order chi connectivity index (χ1) is 12.1. The largest absolute Gasteiger partial charge is 0.413 e. The summed E-state index contributed by atoms with van der Waals surface area (Å²) in [4.78, 5) is 12.2. The van der Waals surface area contributed by atoms with Gasteiger partial charge < -0.3 is 10.1 Å². The van der Waals surface area contributed by atoms with Gasteiger partial charge in [0.15, 0.2) is 0 Å². The van der Waals surface area contributed by atoms with E-state index in [1.165, 1.54) is 0 Å². The molecule has 1 aliphatic carbocycles. The van der Waals surface area contributed by atoms with Crippen molar-refractivity contribution >= 4 is 29.3 Å². The van der Waals surface area contributed by atoms with Crippen molar-refractivity contribution in [1.29, 1.82) is 0 Å². The quantitative estimate of drug-likeness (QED) is 0.711. The lowest BCUT2D eigenvalue weighted by molar-refractivity contribution is 0.191. The van der Waals surface area contributed by atoms with Gasteiger partial charge in [-0.2, -0.15) is 0 Å². The van der Waals surface area contributed by atoms with Crippen molar-refractivity contribution in [3.63, 3.8) is 0 Å². The van der Waals surface area contributed by atoms with Crippen molar-refractivity contribution in [3.05, 3.63) is 64.1 Å². The predicted molar refractivity (Wildman–Crippen MR) is 100 cm³/mol. The number of hydrogen-bond acceptors (Lipinski definition) is 2. The summed E-state index contributed by atoms with van der Waals surface area (Å²) < 4.78 is 5.33. The summed E-state index contributed by atoms with van der Waals surface area (Å²) in [5, 5.41) is 3.90. The number of para-hydroxylation sites is 1. The van der Waals surface area contributed by atoms with Gasteiger partial charge in [0.25, 0.3) is 0 Å². The molecule has 0 bridgehead atoms. The van der Waals surface area contributed by atoms with E-state index in [4.69, 9.17) is 27.9 Å². The van der Waals surface area contributed by atoms with E-state index in [1.807, 2.05) is 24.3 Å². The molecule has 1 fully saturated rings. The number of halogens is 2. The van der Waals surface area contributed by atoms with Gasteiger partial charge in [-0.15, -0.1) is 0 Å². The third-order valence-electron chi connectivity index (χ3n) is 4.12. The Morgan fingerprint density at radius 1 is 1.04 bits per heavy atom. The summed E-state index contributed by atoms with van der Waals surface area (Å²) in [5.74, 6) is 6.82. The molecule has 2 aromatic carbocycles. The van der Waals surface area contributed by atoms with Crippen molar-refractivity contribution in [2.24, 2.45) is 0 Å². The first-order valence-corrected chi connectivity index (χ1v) is 8.85. The minimum atomic E-state index is -0.571. The van der Waals surface area contributed by atoms with Crippen LogP contribution in [0.2, 0.25) is 10.0 Å². The summed E-state index contributed by atoms with van der Waals surface area (Å²) in [6, 6.07) is 14.2. The minimum absolute atomic E-state index is 0.463. The molecular weight excluding hydrogens is 357 g/mol. The van der Waals surface area contributed by atoms with E-state index in [2.05, 4.69) is 17.2 Å². The number of nitrogens with one attached hydrogen (secondary N) is 1. The Balaban J connectivity index is 1.74. The number of carbonyl (C=O) groups excluding carboxylic acids is 1. The average molecular weight is 374 g/mol. The molecule has 0 radical (unpaired) electrons. The van der Waals surface area contributed by atoms with Crippen molar-refractivity contribution in [3.8, 4) is 17.6 Å². The fourth-order valence-corrected chi connectivity index (χ4v) is 3.14. The Hall–Kier alpha value is -2.15. The minimum Gasteiger partial charge on any atom is -0.410 e. The van der Waals surface area contributed by atoms with E-state index in [-0.39, 0.29) is 0 Å². The molecule has 128 valence electrons. The number of carbonyl (C=O) groups is 1. The Bertz CT molecular complexity index is 819. The van der Waals surface area contributed by atoms with Crippen LogP contribution in [0.5, 0.6) is 5.75 Å². The van der Waals surface area contributed by atoms with Crippen molar-refractivity contribution in [2.45, 2.75) is 31.2 Å². The van der Waals surface area contributed by atoms with Gasteiger partial charge in [0.1, 0.15) is 11.3 Å². The van der Waals surface area contributed by atoms with E-state index in [1.54, 1.807) is 24.3 Å². The van der Waals surface area contributed by atoms with Gasteiger partial charge in [-0.1, -0.05) is 53.2 Å². The molecule has 5 heteroatoms. The Labute approximate surface area is 157 Å². The molecule has 1 amide bonds. The zero-order valence-corrected chi connectivity index (χ0v) is 15.0. The summed E-state index contributed by atoms with van der Waals surface area (Å²) in [6.07, 6.45) is 3.14. The molecule has 3 nitrogen and oxygen atoms in total. The molecule has 1 aliphatic rings. The van der Waals surface area contributed by atoms with E-state index >= 15 is 0 Å². The van der Waals surface area contributed by atoms with Crippen molar-refractivity contribution < 1.29 is 9.53 Å².